The van der Waals surface area contributed by atoms with Gasteiger partial charge in [0, 0.05) is 11.1 Å². The molecule has 0 bridgehead atoms. The van der Waals surface area contributed by atoms with Gasteiger partial charge in [-0.05, 0) is 38.1 Å². The van der Waals surface area contributed by atoms with Crippen LogP contribution >= 0.6 is 0 Å². The zero-order valence-electron chi connectivity index (χ0n) is 18.1. The highest BCUT2D eigenvalue weighted by Gasteiger charge is 2.09. The van der Waals surface area contributed by atoms with Crippen molar-refractivity contribution in [1.29, 1.82) is 0 Å². The fraction of sp³-hybridized carbons (Fsp3) is 0.333. The smallest absolute Gasteiger partial charge is 0.338 e. The Bertz CT molecular complexity index is 839. The van der Waals surface area contributed by atoms with E-state index in [9.17, 15) is 19.2 Å². The third-order valence-corrected chi connectivity index (χ3v) is 4.35. The van der Waals surface area contributed by atoms with Gasteiger partial charge in [0.1, 0.15) is 13.2 Å². The summed E-state index contributed by atoms with van der Waals surface area (Å²) in [6, 6.07) is 12.5. The van der Waals surface area contributed by atoms with Crippen molar-refractivity contribution < 1.29 is 38.1 Å². The molecule has 2 aromatic carbocycles. The molecule has 2 rings (SSSR count). The third-order valence-electron chi connectivity index (χ3n) is 4.35. The predicted molar refractivity (Wildman–Crippen MR) is 115 cm³/mol. The first-order valence-corrected chi connectivity index (χ1v) is 10.1. The minimum absolute atomic E-state index is 0.0702. The van der Waals surface area contributed by atoms with Crippen molar-refractivity contribution in [3.8, 4) is 0 Å². The molecule has 8 heteroatoms. The highest BCUT2D eigenvalue weighted by molar-refractivity contribution is 5.96. The fourth-order valence-corrected chi connectivity index (χ4v) is 2.56. The van der Waals surface area contributed by atoms with Crippen molar-refractivity contribution in [3.05, 3.63) is 70.8 Å². The summed E-state index contributed by atoms with van der Waals surface area (Å²) in [6.07, 6.45) is 0. The van der Waals surface area contributed by atoms with Gasteiger partial charge in [-0.15, -0.1) is 0 Å². The normalized spacial score (nSPS) is 10.4. The third kappa shape index (κ3) is 8.41. The standard InChI is InChI=1S/C24H26O8/c1-17(25)19-3-7-21(8-4-19)23(27)31-15-13-29-11-12-30-14-16-32-24(28)22-9-5-20(6-10-22)18(2)26/h3-10H,11-16H2,1-2H3. The minimum atomic E-state index is -0.488. The van der Waals surface area contributed by atoms with Crippen LogP contribution in [0.3, 0.4) is 0 Å². The molecule has 0 aliphatic carbocycles. The molecule has 0 spiro atoms. The number of carbonyl (C=O) groups excluding carboxylic acids is 4. The van der Waals surface area contributed by atoms with Crippen molar-refractivity contribution in [1.82, 2.24) is 0 Å². The first-order chi connectivity index (χ1) is 15.4. The number of Topliss-reactive ketones (excluding diaryl/α,β-unsaturated/α-hetero) is 2. The van der Waals surface area contributed by atoms with E-state index in [-0.39, 0.29) is 38.0 Å². The van der Waals surface area contributed by atoms with E-state index >= 15 is 0 Å². The average molecular weight is 442 g/mol. The highest BCUT2D eigenvalue weighted by atomic mass is 16.6. The number of esters is 2. The van der Waals surface area contributed by atoms with Crippen molar-refractivity contribution in [2.45, 2.75) is 13.8 Å². The number of ketones is 2. The Balaban J connectivity index is 1.49. The number of hydrogen-bond donors (Lipinski definition) is 0. The molecular weight excluding hydrogens is 416 g/mol. The number of hydrogen-bond acceptors (Lipinski definition) is 8. The lowest BCUT2D eigenvalue weighted by Gasteiger charge is -2.08. The van der Waals surface area contributed by atoms with E-state index in [0.29, 0.717) is 35.5 Å². The van der Waals surface area contributed by atoms with Gasteiger partial charge in [-0.3, -0.25) is 9.59 Å². The average Bonchev–Trinajstić information content (AvgIpc) is 2.80. The van der Waals surface area contributed by atoms with Gasteiger partial charge in [0.25, 0.3) is 0 Å². The van der Waals surface area contributed by atoms with Crippen molar-refractivity contribution in [2.24, 2.45) is 0 Å². The van der Waals surface area contributed by atoms with Crippen LogP contribution in [-0.4, -0.2) is 63.1 Å². The summed E-state index contributed by atoms with van der Waals surface area (Å²) in [5, 5.41) is 0. The van der Waals surface area contributed by atoms with Crippen LogP contribution < -0.4 is 0 Å². The Kier molecular flexibility index (Phi) is 10.2. The molecule has 8 nitrogen and oxygen atoms in total. The van der Waals surface area contributed by atoms with E-state index in [4.69, 9.17) is 18.9 Å². The first kappa shape index (κ1) is 24.9. The molecule has 0 aliphatic rings. The molecule has 170 valence electrons. The van der Waals surface area contributed by atoms with Gasteiger partial charge in [0.15, 0.2) is 11.6 Å². The van der Waals surface area contributed by atoms with Crippen LogP contribution in [-0.2, 0) is 18.9 Å². The second-order valence-electron chi connectivity index (χ2n) is 6.76. The zero-order valence-corrected chi connectivity index (χ0v) is 18.1. The van der Waals surface area contributed by atoms with E-state index < -0.39 is 11.9 Å². The zero-order chi connectivity index (χ0) is 23.3. The van der Waals surface area contributed by atoms with E-state index in [0.717, 1.165) is 0 Å². The molecule has 0 saturated heterocycles. The monoisotopic (exact) mass is 442 g/mol. The van der Waals surface area contributed by atoms with Gasteiger partial charge < -0.3 is 18.9 Å². The Hall–Kier alpha value is -3.36. The predicted octanol–water partition coefficient (Wildman–Crippen LogP) is 3.14. The Morgan fingerprint density at radius 3 is 1.09 bits per heavy atom. The van der Waals surface area contributed by atoms with E-state index in [1.54, 1.807) is 48.5 Å². The maximum atomic E-state index is 11.9. The second-order valence-corrected chi connectivity index (χ2v) is 6.76. The maximum Gasteiger partial charge on any atom is 0.338 e. The van der Waals surface area contributed by atoms with Crippen molar-refractivity contribution >= 4 is 23.5 Å². The Morgan fingerprint density at radius 2 is 0.781 bits per heavy atom. The van der Waals surface area contributed by atoms with Crippen LogP contribution in [0.5, 0.6) is 0 Å². The molecule has 0 amide bonds. The van der Waals surface area contributed by atoms with Crippen LogP contribution in [0, 0.1) is 0 Å². The number of ether oxygens (including phenoxy) is 4. The Morgan fingerprint density at radius 1 is 0.500 bits per heavy atom. The molecule has 2 aromatic rings. The fourth-order valence-electron chi connectivity index (χ4n) is 2.56. The van der Waals surface area contributed by atoms with Crippen molar-refractivity contribution in [3.63, 3.8) is 0 Å². The summed E-state index contributed by atoms with van der Waals surface area (Å²) in [5.41, 5.74) is 1.79. The molecule has 0 atom stereocenters. The van der Waals surface area contributed by atoms with Gasteiger partial charge in [-0.1, -0.05) is 24.3 Å². The number of carbonyl (C=O) groups is 4. The summed E-state index contributed by atoms with van der Waals surface area (Å²) in [6.45, 7) is 4.12. The van der Waals surface area contributed by atoms with E-state index in [2.05, 4.69) is 0 Å². The first-order valence-electron chi connectivity index (χ1n) is 10.1. The lowest BCUT2D eigenvalue weighted by atomic mass is 10.1. The molecule has 0 aliphatic heterocycles. The molecule has 0 radical (unpaired) electrons. The molecule has 0 saturated carbocycles. The number of benzene rings is 2. The lowest BCUT2D eigenvalue weighted by Crippen LogP contribution is -2.15. The van der Waals surface area contributed by atoms with Crippen LogP contribution in [0.2, 0.25) is 0 Å². The Labute approximate surface area is 186 Å². The summed E-state index contributed by atoms with van der Waals surface area (Å²) < 4.78 is 20.8. The summed E-state index contributed by atoms with van der Waals surface area (Å²) in [4.78, 5) is 46.2. The van der Waals surface area contributed by atoms with Gasteiger partial charge in [-0.2, -0.15) is 0 Å². The molecule has 32 heavy (non-hydrogen) atoms. The second kappa shape index (κ2) is 13.1. The molecule has 0 N–H and O–H groups in total. The van der Waals surface area contributed by atoms with E-state index in [1.165, 1.54) is 13.8 Å². The topological polar surface area (TPSA) is 105 Å². The quantitative estimate of drug-likeness (QED) is 0.265. The van der Waals surface area contributed by atoms with Gasteiger partial charge in [0.05, 0.1) is 37.6 Å². The SMILES string of the molecule is CC(=O)c1ccc(C(=O)OCCOCCOCCOC(=O)c2ccc(C(C)=O)cc2)cc1. The minimum Gasteiger partial charge on any atom is -0.460 e. The maximum absolute atomic E-state index is 11.9. The highest BCUT2D eigenvalue weighted by Crippen LogP contribution is 2.07. The molecule has 0 heterocycles. The van der Waals surface area contributed by atoms with Gasteiger partial charge >= 0.3 is 11.9 Å². The van der Waals surface area contributed by atoms with Gasteiger partial charge in [-0.25, -0.2) is 9.59 Å². The molecule has 0 unspecified atom stereocenters. The summed E-state index contributed by atoms with van der Waals surface area (Å²) in [5.74, 6) is -1.12. The van der Waals surface area contributed by atoms with Crippen LogP contribution in [0.25, 0.3) is 0 Å². The summed E-state index contributed by atoms with van der Waals surface area (Å²) in [7, 11) is 0. The van der Waals surface area contributed by atoms with Crippen LogP contribution in [0.1, 0.15) is 55.3 Å². The van der Waals surface area contributed by atoms with Crippen LogP contribution in [0.15, 0.2) is 48.5 Å². The van der Waals surface area contributed by atoms with E-state index in [1.807, 2.05) is 0 Å². The van der Waals surface area contributed by atoms with Gasteiger partial charge in [0.2, 0.25) is 0 Å². The summed E-state index contributed by atoms with van der Waals surface area (Å²) >= 11 is 0. The van der Waals surface area contributed by atoms with Crippen molar-refractivity contribution in [2.75, 3.05) is 39.6 Å². The lowest BCUT2D eigenvalue weighted by molar-refractivity contribution is 0.00229. The largest absolute Gasteiger partial charge is 0.460 e. The number of rotatable bonds is 13. The molecular formula is C24H26O8. The molecule has 0 aromatic heterocycles. The van der Waals surface area contributed by atoms with Crippen LogP contribution in [0.4, 0.5) is 0 Å². The molecule has 0 fully saturated rings.